The van der Waals surface area contributed by atoms with Crippen molar-refractivity contribution >= 4 is 23.3 Å². The van der Waals surface area contributed by atoms with Crippen molar-refractivity contribution in [1.82, 2.24) is 4.98 Å². The number of aromatic nitrogens is 1. The van der Waals surface area contributed by atoms with Gasteiger partial charge >= 0.3 is 11.4 Å². The number of nitrogens with one attached hydrogen (secondary N) is 1. The second-order valence-electron chi connectivity index (χ2n) is 2.35. The number of para-hydroxylation sites is 1. The van der Waals surface area contributed by atoms with E-state index in [-0.39, 0.29) is 12.4 Å². The van der Waals surface area contributed by atoms with E-state index in [1.165, 1.54) is 0 Å². The summed E-state index contributed by atoms with van der Waals surface area (Å²) < 4.78 is 4.32. The van der Waals surface area contributed by atoms with E-state index in [1.54, 1.807) is 24.3 Å². The molecule has 68 valence electrons. The van der Waals surface area contributed by atoms with E-state index in [4.69, 9.17) is 0 Å². The Balaban J connectivity index is 0.000000845. The Bertz CT molecular complexity index is 528. The predicted molar refractivity (Wildman–Crippen MR) is 50.4 cm³/mol. The molecule has 1 aromatic heterocycles. The lowest BCUT2D eigenvalue weighted by atomic mass is 10.2. The molecule has 2 rings (SSSR count). The van der Waals surface area contributed by atoms with Gasteiger partial charge in [0.1, 0.15) is 0 Å². The van der Waals surface area contributed by atoms with Crippen LogP contribution in [0.5, 0.6) is 0 Å². The molecule has 4 nitrogen and oxygen atoms in total. The summed E-state index contributed by atoms with van der Waals surface area (Å²) in [6, 6.07) is 6.68. The highest BCUT2D eigenvalue weighted by molar-refractivity contribution is 5.85. The van der Waals surface area contributed by atoms with Gasteiger partial charge < -0.3 is 4.42 Å². The lowest BCUT2D eigenvalue weighted by Gasteiger charge is -1.91. The van der Waals surface area contributed by atoms with Gasteiger partial charge in [-0.1, -0.05) is 12.1 Å². The van der Waals surface area contributed by atoms with Crippen LogP contribution in [0, 0.1) is 0 Å². The molecule has 2 aromatic rings. The highest BCUT2D eigenvalue weighted by Gasteiger charge is 1.98. The van der Waals surface area contributed by atoms with Crippen LogP contribution in [0.15, 0.2) is 38.3 Å². The van der Waals surface area contributed by atoms with Crippen molar-refractivity contribution in [2.45, 2.75) is 0 Å². The molecule has 0 amide bonds. The fourth-order valence-electron chi connectivity index (χ4n) is 1.04. The Morgan fingerprint density at radius 3 is 2.62 bits per heavy atom. The molecule has 0 spiro atoms. The van der Waals surface area contributed by atoms with E-state index in [0.29, 0.717) is 10.9 Å². The zero-order valence-corrected chi connectivity index (χ0v) is 7.26. The monoisotopic (exact) mass is 199 g/mol. The third-order valence-corrected chi connectivity index (χ3v) is 1.57. The Kier molecular flexibility index (Phi) is 2.53. The molecule has 0 aliphatic rings. The first-order valence-electron chi connectivity index (χ1n) is 3.39. The number of halogens is 1. The Labute approximate surface area is 78.6 Å². The normalized spacial score (nSPS) is 9.54. The minimum atomic E-state index is -0.723. The summed E-state index contributed by atoms with van der Waals surface area (Å²) in [5.74, 6) is -0.723. The van der Waals surface area contributed by atoms with Crippen molar-refractivity contribution in [3.8, 4) is 0 Å². The lowest BCUT2D eigenvalue weighted by Crippen LogP contribution is -2.13. The average molecular weight is 200 g/mol. The molecule has 1 heterocycles. The number of aromatic amines is 1. The van der Waals surface area contributed by atoms with Crippen LogP contribution >= 0.6 is 12.4 Å². The van der Waals surface area contributed by atoms with E-state index >= 15 is 0 Å². The van der Waals surface area contributed by atoms with Gasteiger partial charge in [0.15, 0.2) is 0 Å². The topological polar surface area (TPSA) is 63.1 Å². The molecular weight excluding hydrogens is 194 g/mol. The summed E-state index contributed by atoms with van der Waals surface area (Å²) in [6.45, 7) is 0. The standard InChI is InChI=1S/C8H5NO3.ClH/c10-7-5-3-1-2-4-6(5)9-8(11)12-7;/h1-4H,(H,9,11);1H. The van der Waals surface area contributed by atoms with Crippen molar-refractivity contribution in [1.29, 1.82) is 0 Å². The van der Waals surface area contributed by atoms with Gasteiger partial charge in [-0.05, 0) is 12.1 Å². The molecule has 0 radical (unpaired) electrons. The van der Waals surface area contributed by atoms with Gasteiger partial charge in [-0.2, -0.15) is 0 Å². The van der Waals surface area contributed by atoms with Crippen LogP contribution in [0.1, 0.15) is 0 Å². The van der Waals surface area contributed by atoms with Gasteiger partial charge in [-0.15, -0.1) is 12.4 Å². The van der Waals surface area contributed by atoms with E-state index in [0.717, 1.165) is 0 Å². The fourth-order valence-corrected chi connectivity index (χ4v) is 1.04. The van der Waals surface area contributed by atoms with Crippen molar-refractivity contribution in [3.63, 3.8) is 0 Å². The van der Waals surface area contributed by atoms with Crippen LogP contribution in [0.25, 0.3) is 10.9 Å². The number of rotatable bonds is 0. The van der Waals surface area contributed by atoms with E-state index < -0.39 is 11.4 Å². The molecule has 0 saturated heterocycles. The zero-order chi connectivity index (χ0) is 8.55. The van der Waals surface area contributed by atoms with Crippen LogP contribution < -0.4 is 11.4 Å². The van der Waals surface area contributed by atoms with Crippen LogP contribution in [-0.2, 0) is 0 Å². The largest absolute Gasteiger partial charge is 0.419 e. The first kappa shape index (κ1) is 9.54. The van der Waals surface area contributed by atoms with Crippen molar-refractivity contribution in [2.75, 3.05) is 0 Å². The molecule has 0 fully saturated rings. The Morgan fingerprint density at radius 2 is 1.85 bits per heavy atom. The SMILES string of the molecule is Cl.O=c1[nH]c2ccccc2c(=O)o1. The summed E-state index contributed by atoms with van der Waals surface area (Å²) in [6.07, 6.45) is 0. The van der Waals surface area contributed by atoms with Gasteiger partial charge in [0.2, 0.25) is 0 Å². The van der Waals surface area contributed by atoms with Gasteiger partial charge in [-0.3, -0.25) is 4.98 Å². The third-order valence-electron chi connectivity index (χ3n) is 1.57. The van der Waals surface area contributed by atoms with Crippen LogP contribution in [0.2, 0.25) is 0 Å². The highest BCUT2D eigenvalue weighted by Crippen LogP contribution is 2.01. The van der Waals surface area contributed by atoms with Crippen LogP contribution in [0.4, 0.5) is 0 Å². The summed E-state index contributed by atoms with van der Waals surface area (Å²) in [5.41, 5.74) is -0.104. The zero-order valence-electron chi connectivity index (χ0n) is 6.44. The van der Waals surface area contributed by atoms with Crippen molar-refractivity contribution in [2.24, 2.45) is 0 Å². The fraction of sp³-hybridized carbons (Fsp3) is 0. The molecule has 0 unspecified atom stereocenters. The molecule has 0 aliphatic heterocycles. The third kappa shape index (κ3) is 1.62. The number of H-pyrrole nitrogens is 1. The average Bonchev–Trinajstić information content (AvgIpc) is 2.04. The minimum Gasteiger partial charge on any atom is -0.372 e. The molecule has 0 bridgehead atoms. The summed E-state index contributed by atoms with van der Waals surface area (Å²) in [7, 11) is 0. The number of hydrogen-bond donors (Lipinski definition) is 1. The highest BCUT2D eigenvalue weighted by atomic mass is 35.5. The molecular formula is C8H6ClNO3. The maximum Gasteiger partial charge on any atom is 0.419 e. The van der Waals surface area contributed by atoms with Gasteiger partial charge in [0, 0.05) is 0 Å². The lowest BCUT2D eigenvalue weighted by molar-refractivity contribution is 0.460. The summed E-state index contributed by atoms with van der Waals surface area (Å²) in [5, 5.41) is 0.386. The first-order valence-corrected chi connectivity index (χ1v) is 3.39. The maximum atomic E-state index is 11.0. The number of benzene rings is 1. The molecule has 13 heavy (non-hydrogen) atoms. The molecule has 0 aliphatic carbocycles. The second kappa shape index (κ2) is 3.45. The molecule has 5 heteroatoms. The second-order valence-corrected chi connectivity index (χ2v) is 2.35. The smallest absolute Gasteiger partial charge is 0.372 e. The predicted octanol–water partition coefficient (Wildman–Crippen LogP) is 0.903. The van der Waals surface area contributed by atoms with E-state index in [9.17, 15) is 9.59 Å². The minimum absolute atomic E-state index is 0. The molecule has 0 saturated carbocycles. The quantitative estimate of drug-likeness (QED) is 0.686. The first-order chi connectivity index (χ1) is 5.77. The van der Waals surface area contributed by atoms with Crippen molar-refractivity contribution < 1.29 is 4.42 Å². The van der Waals surface area contributed by atoms with Crippen LogP contribution in [-0.4, -0.2) is 4.98 Å². The summed E-state index contributed by atoms with van der Waals surface area (Å²) >= 11 is 0. The van der Waals surface area contributed by atoms with E-state index in [2.05, 4.69) is 9.40 Å². The maximum absolute atomic E-state index is 11.0. The number of fused-ring (bicyclic) bond motifs is 1. The molecule has 1 N–H and O–H groups in total. The molecule has 1 aromatic carbocycles. The number of hydrogen-bond acceptors (Lipinski definition) is 3. The Hall–Kier alpha value is -1.55. The Morgan fingerprint density at radius 1 is 1.15 bits per heavy atom. The van der Waals surface area contributed by atoms with Gasteiger partial charge in [0.05, 0.1) is 10.9 Å². The summed E-state index contributed by atoms with van der Waals surface area (Å²) in [4.78, 5) is 24.1. The van der Waals surface area contributed by atoms with E-state index in [1.807, 2.05) is 0 Å². The molecule has 0 atom stereocenters. The van der Waals surface area contributed by atoms with Crippen molar-refractivity contribution in [3.05, 3.63) is 45.2 Å². The van der Waals surface area contributed by atoms with Crippen LogP contribution in [0.3, 0.4) is 0 Å². The van der Waals surface area contributed by atoms with Gasteiger partial charge in [0.25, 0.3) is 0 Å². The van der Waals surface area contributed by atoms with Gasteiger partial charge in [-0.25, -0.2) is 9.59 Å².